The number of carbonyl (C=O) groups is 4. The van der Waals surface area contributed by atoms with Gasteiger partial charge < -0.3 is 4.90 Å². The molecule has 3 fully saturated rings. The van der Waals surface area contributed by atoms with Gasteiger partial charge in [-0.15, -0.1) is 0 Å². The number of rotatable bonds is 6. The lowest BCUT2D eigenvalue weighted by atomic mass is 9.75. The maximum absolute atomic E-state index is 14.9. The molecule has 7 nitrogen and oxygen atoms in total. The molecule has 9 heteroatoms. The fourth-order valence-corrected chi connectivity index (χ4v) is 7.72. The van der Waals surface area contributed by atoms with Crippen molar-refractivity contribution in [2.45, 2.75) is 31.5 Å². The highest BCUT2D eigenvalue weighted by Gasteiger charge is 2.77. The summed E-state index contributed by atoms with van der Waals surface area (Å²) in [6.07, 6.45) is 0.0426. The van der Waals surface area contributed by atoms with Crippen LogP contribution in [0.2, 0.25) is 5.02 Å². The van der Waals surface area contributed by atoms with Gasteiger partial charge in [-0.1, -0.05) is 106 Å². The normalized spacial score (nSPS) is 24.3. The Morgan fingerprint density at radius 2 is 1.52 bits per heavy atom. The zero-order chi connectivity index (χ0) is 30.7. The van der Waals surface area contributed by atoms with Crippen molar-refractivity contribution >= 4 is 57.0 Å². The third-order valence-electron chi connectivity index (χ3n) is 9.00. The SMILES string of the molecule is Cc1cccc(C2C3C(=O)N(Cc4ccccc4)C(=O)C3[C@]3(Cc4ccc(Cl)cc4)C(=O)N(c4cccc(Br)c4)C(=O)N23)c1. The third-order valence-corrected chi connectivity index (χ3v) is 9.74. The first-order chi connectivity index (χ1) is 21.2. The number of hydrogen-bond donors (Lipinski definition) is 0. The van der Waals surface area contributed by atoms with Gasteiger partial charge in [-0.25, -0.2) is 9.69 Å². The number of halogens is 2. The number of likely N-dealkylation sites (tertiary alicyclic amines) is 1. The molecule has 7 rings (SSSR count). The molecule has 0 aliphatic carbocycles. The van der Waals surface area contributed by atoms with Gasteiger partial charge in [-0.3, -0.25) is 19.3 Å². The molecule has 4 aromatic carbocycles. The van der Waals surface area contributed by atoms with E-state index in [-0.39, 0.29) is 18.9 Å². The van der Waals surface area contributed by atoms with Crippen molar-refractivity contribution in [2.75, 3.05) is 4.90 Å². The highest BCUT2D eigenvalue weighted by atomic mass is 79.9. The average Bonchev–Trinajstić information content (AvgIpc) is 3.53. The Morgan fingerprint density at radius 1 is 0.795 bits per heavy atom. The molecule has 4 atom stereocenters. The smallest absolute Gasteiger partial charge is 0.300 e. The van der Waals surface area contributed by atoms with Gasteiger partial charge in [0.2, 0.25) is 11.8 Å². The first-order valence-corrected chi connectivity index (χ1v) is 15.5. The van der Waals surface area contributed by atoms with E-state index in [1.807, 2.05) is 67.6 Å². The van der Waals surface area contributed by atoms with Gasteiger partial charge in [0.1, 0.15) is 5.54 Å². The molecule has 3 saturated heterocycles. The summed E-state index contributed by atoms with van der Waals surface area (Å²) in [6, 6.07) is 29.5. The van der Waals surface area contributed by atoms with Crippen molar-refractivity contribution in [3.63, 3.8) is 0 Å². The number of urea groups is 1. The number of amides is 5. The second-order valence-electron chi connectivity index (χ2n) is 11.6. The van der Waals surface area contributed by atoms with Gasteiger partial charge in [0.15, 0.2) is 0 Å². The molecule has 0 bridgehead atoms. The Labute approximate surface area is 268 Å². The Balaban J connectivity index is 1.45. The maximum atomic E-state index is 14.9. The van der Waals surface area contributed by atoms with E-state index in [2.05, 4.69) is 15.9 Å². The third kappa shape index (κ3) is 4.31. The molecular weight excluding hydrogens is 642 g/mol. The molecule has 3 unspecified atom stereocenters. The van der Waals surface area contributed by atoms with E-state index in [1.54, 1.807) is 42.5 Å². The fraction of sp³-hybridized carbons (Fsp3) is 0.200. The van der Waals surface area contributed by atoms with Crippen molar-refractivity contribution in [1.29, 1.82) is 0 Å². The highest BCUT2D eigenvalue weighted by Crippen LogP contribution is 2.60. The summed E-state index contributed by atoms with van der Waals surface area (Å²) in [7, 11) is 0. The van der Waals surface area contributed by atoms with Crippen LogP contribution in [0.25, 0.3) is 0 Å². The van der Waals surface area contributed by atoms with Crippen LogP contribution in [-0.4, -0.2) is 39.1 Å². The van der Waals surface area contributed by atoms with Gasteiger partial charge >= 0.3 is 6.03 Å². The largest absolute Gasteiger partial charge is 0.332 e. The molecule has 0 radical (unpaired) electrons. The van der Waals surface area contributed by atoms with Crippen molar-refractivity contribution < 1.29 is 19.2 Å². The quantitative estimate of drug-likeness (QED) is 0.169. The Kier molecular flexibility index (Phi) is 6.94. The average molecular weight is 669 g/mol. The molecular formula is C35H27BrClN3O4. The van der Waals surface area contributed by atoms with Crippen LogP contribution in [-0.2, 0) is 27.3 Å². The fourth-order valence-electron chi connectivity index (χ4n) is 7.20. The molecule has 3 aliphatic rings. The minimum absolute atomic E-state index is 0.0426. The second-order valence-corrected chi connectivity index (χ2v) is 13.0. The zero-order valence-electron chi connectivity index (χ0n) is 23.7. The van der Waals surface area contributed by atoms with Gasteiger partial charge in [-0.05, 0) is 53.9 Å². The van der Waals surface area contributed by atoms with Crippen LogP contribution in [0.3, 0.4) is 0 Å². The minimum Gasteiger partial charge on any atom is -0.300 e. The summed E-state index contributed by atoms with van der Waals surface area (Å²) in [5.41, 5.74) is 1.91. The summed E-state index contributed by atoms with van der Waals surface area (Å²) < 4.78 is 0.698. The van der Waals surface area contributed by atoms with Crippen LogP contribution in [0.1, 0.15) is 28.3 Å². The molecule has 3 heterocycles. The maximum Gasteiger partial charge on any atom is 0.332 e. The number of anilines is 1. The van der Waals surface area contributed by atoms with Crippen molar-refractivity contribution in [3.05, 3.63) is 135 Å². The van der Waals surface area contributed by atoms with E-state index < -0.39 is 41.3 Å². The summed E-state index contributed by atoms with van der Waals surface area (Å²) in [5.74, 6) is -3.38. The number of fused-ring (bicyclic) bond motifs is 3. The predicted molar refractivity (Wildman–Crippen MR) is 170 cm³/mol. The lowest BCUT2D eigenvalue weighted by Gasteiger charge is -2.35. The Bertz CT molecular complexity index is 1830. The number of imide groups is 2. The van der Waals surface area contributed by atoms with E-state index in [9.17, 15) is 19.2 Å². The van der Waals surface area contributed by atoms with Crippen LogP contribution < -0.4 is 4.90 Å². The van der Waals surface area contributed by atoms with E-state index in [0.717, 1.165) is 21.6 Å². The summed E-state index contributed by atoms with van der Waals surface area (Å²) in [6.45, 7) is 2.02. The highest BCUT2D eigenvalue weighted by molar-refractivity contribution is 9.10. The summed E-state index contributed by atoms with van der Waals surface area (Å²) in [4.78, 5) is 62.4. The lowest BCUT2D eigenvalue weighted by Crippen LogP contribution is -2.55. The number of aryl methyl sites for hydroxylation is 1. The monoisotopic (exact) mass is 667 g/mol. The van der Waals surface area contributed by atoms with E-state index >= 15 is 0 Å². The molecule has 0 spiro atoms. The number of hydrogen-bond acceptors (Lipinski definition) is 4. The van der Waals surface area contributed by atoms with Crippen molar-refractivity contribution in [2.24, 2.45) is 11.8 Å². The van der Waals surface area contributed by atoms with E-state index in [4.69, 9.17) is 11.6 Å². The number of benzene rings is 4. The zero-order valence-corrected chi connectivity index (χ0v) is 26.0. The molecule has 220 valence electrons. The molecule has 0 aromatic heterocycles. The minimum atomic E-state index is -1.65. The van der Waals surface area contributed by atoms with Crippen LogP contribution in [0.5, 0.6) is 0 Å². The first-order valence-electron chi connectivity index (χ1n) is 14.3. The van der Waals surface area contributed by atoms with Gasteiger partial charge in [-0.2, -0.15) is 0 Å². The molecule has 5 amide bonds. The summed E-state index contributed by atoms with van der Waals surface area (Å²) in [5, 5.41) is 0.524. The number of carbonyl (C=O) groups excluding carboxylic acids is 4. The molecule has 0 N–H and O–H groups in total. The standard InChI is InChI=1S/C35H27BrClN3O4/c1-21-7-5-10-24(17-21)30-28-29(32(42)38(31(28)41)20-23-8-3-2-4-9-23)35(19-22-13-15-26(37)16-14-22)33(43)39(34(44)40(30)35)27-12-6-11-25(36)18-27/h2-18,28-30H,19-20H2,1H3/t28?,29?,30?,35-/m1/s1. The molecule has 0 saturated carbocycles. The van der Waals surface area contributed by atoms with Crippen LogP contribution in [0, 0.1) is 18.8 Å². The Morgan fingerprint density at radius 3 is 2.23 bits per heavy atom. The van der Waals surface area contributed by atoms with E-state index in [1.165, 1.54) is 9.80 Å². The van der Waals surface area contributed by atoms with Crippen LogP contribution in [0.4, 0.5) is 10.5 Å². The lowest BCUT2D eigenvalue weighted by molar-refractivity contribution is -0.144. The van der Waals surface area contributed by atoms with Gasteiger partial charge in [0, 0.05) is 15.9 Å². The first kappa shape index (κ1) is 28.5. The van der Waals surface area contributed by atoms with E-state index in [0.29, 0.717) is 20.7 Å². The van der Waals surface area contributed by atoms with Crippen LogP contribution in [0.15, 0.2) is 108 Å². The van der Waals surface area contributed by atoms with Crippen molar-refractivity contribution in [3.8, 4) is 0 Å². The number of nitrogens with zero attached hydrogens (tertiary/aromatic N) is 3. The van der Waals surface area contributed by atoms with Gasteiger partial charge in [0.25, 0.3) is 5.91 Å². The molecule has 44 heavy (non-hydrogen) atoms. The van der Waals surface area contributed by atoms with Crippen molar-refractivity contribution in [1.82, 2.24) is 9.80 Å². The summed E-state index contributed by atoms with van der Waals surface area (Å²) >= 11 is 9.67. The second kappa shape index (κ2) is 10.7. The predicted octanol–water partition coefficient (Wildman–Crippen LogP) is 6.72. The van der Waals surface area contributed by atoms with Crippen LogP contribution >= 0.6 is 27.5 Å². The molecule has 4 aromatic rings. The topological polar surface area (TPSA) is 78.0 Å². The molecule has 3 aliphatic heterocycles. The Hall–Kier alpha value is -4.27. The van der Waals surface area contributed by atoms with Gasteiger partial charge in [0.05, 0.1) is 30.1 Å².